The van der Waals surface area contributed by atoms with Gasteiger partial charge in [0.1, 0.15) is 0 Å². The molecule has 1 aromatic carbocycles. The first-order valence-electron chi connectivity index (χ1n) is 7.12. The van der Waals surface area contributed by atoms with E-state index in [1.54, 1.807) is 0 Å². The third kappa shape index (κ3) is 5.40. The Bertz CT molecular complexity index is 699. The fourth-order valence-electron chi connectivity index (χ4n) is 2.37. The van der Waals surface area contributed by atoms with Crippen LogP contribution in [0.1, 0.15) is 19.3 Å². The van der Waals surface area contributed by atoms with Gasteiger partial charge in [0.15, 0.2) is 0 Å². The molecule has 3 N–H and O–H groups in total. The highest BCUT2D eigenvalue weighted by molar-refractivity contribution is 7.90. The van der Waals surface area contributed by atoms with E-state index in [9.17, 15) is 16.8 Å². The Kier molecular flexibility index (Phi) is 7.43. The van der Waals surface area contributed by atoms with Crippen molar-refractivity contribution < 1.29 is 16.8 Å². The molecular weight excluding hydrogens is 362 g/mol. The van der Waals surface area contributed by atoms with Crippen LogP contribution in [0.3, 0.4) is 0 Å². The molecule has 10 heteroatoms. The number of halogens is 1. The van der Waals surface area contributed by atoms with E-state index >= 15 is 0 Å². The quantitative estimate of drug-likeness (QED) is 0.633. The normalized spacial score (nSPS) is 18.6. The molecular formula is C13H22ClN3O4S2. The van der Waals surface area contributed by atoms with Crippen molar-refractivity contribution in [3.63, 3.8) is 0 Å². The van der Waals surface area contributed by atoms with Gasteiger partial charge in [0.05, 0.1) is 9.79 Å². The van der Waals surface area contributed by atoms with Crippen LogP contribution in [0.15, 0.2) is 34.1 Å². The molecule has 0 bridgehead atoms. The van der Waals surface area contributed by atoms with Gasteiger partial charge < -0.3 is 5.32 Å². The van der Waals surface area contributed by atoms with Crippen LogP contribution in [0.5, 0.6) is 0 Å². The Hall–Kier alpha value is -0.710. The molecule has 1 saturated heterocycles. The molecule has 0 aliphatic carbocycles. The maximum atomic E-state index is 12.1. The summed E-state index contributed by atoms with van der Waals surface area (Å²) < 4.78 is 52.2. The number of rotatable bonds is 7. The van der Waals surface area contributed by atoms with E-state index in [2.05, 4.69) is 14.8 Å². The Morgan fingerprint density at radius 3 is 2.13 bits per heavy atom. The molecule has 23 heavy (non-hydrogen) atoms. The number of hydrogen-bond donors (Lipinski definition) is 3. The summed E-state index contributed by atoms with van der Waals surface area (Å²) in [4.78, 5) is 0.0889. The first-order chi connectivity index (χ1) is 10.3. The lowest BCUT2D eigenvalue weighted by atomic mass is 10.2. The van der Waals surface area contributed by atoms with Crippen LogP contribution in [-0.2, 0) is 20.0 Å². The van der Waals surface area contributed by atoms with E-state index in [0.29, 0.717) is 12.6 Å². The third-order valence-corrected chi connectivity index (χ3v) is 6.57. The Labute approximate surface area is 143 Å². The van der Waals surface area contributed by atoms with E-state index in [0.717, 1.165) is 25.8 Å². The molecule has 1 fully saturated rings. The summed E-state index contributed by atoms with van der Waals surface area (Å²) in [7, 11) is -5.87. The molecule has 0 amide bonds. The topological polar surface area (TPSA) is 104 Å². The van der Waals surface area contributed by atoms with E-state index in [1.807, 2.05) is 0 Å². The van der Waals surface area contributed by atoms with Crippen molar-refractivity contribution in [2.75, 3.05) is 20.1 Å². The maximum absolute atomic E-state index is 12.1. The predicted molar refractivity (Wildman–Crippen MR) is 90.8 cm³/mol. The fourth-order valence-corrected chi connectivity index (χ4v) is 4.15. The molecule has 0 saturated carbocycles. The van der Waals surface area contributed by atoms with Gasteiger partial charge in [-0.1, -0.05) is 0 Å². The van der Waals surface area contributed by atoms with Gasteiger partial charge >= 0.3 is 0 Å². The predicted octanol–water partition coefficient (Wildman–Crippen LogP) is 0.437. The van der Waals surface area contributed by atoms with E-state index in [4.69, 9.17) is 0 Å². The van der Waals surface area contributed by atoms with E-state index in [-0.39, 0.29) is 22.2 Å². The van der Waals surface area contributed by atoms with Gasteiger partial charge in [-0.25, -0.2) is 26.3 Å². The second kappa shape index (κ2) is 8.41. The lowest BCUT2D eigenvalue weighted by molar-refractivity contribution is 0.539. The van der Waals surface area contributed by atoms with Gasteiger partial charge in [0.25, 0.3) is 0 Å². The first-order valence-corrected chi connectivity index (χ1v) is 10.1. The molecule has 0 radical (unpaired) electrons. The number of hydrogen-bond acceptors (Lipinski definition) is 5. The van der Waals surface area contributed by atoms with Crippen LogP contribution in [0.25, 0.3) is 0 Å². The summed E-state index contributed by atoms with van der Waals surface area (Å²) in [6.45, 7) is 1.34. The van der Waals surface area contributed by atoms with Crippen molar-refractivity contribution >= 4 is 32.5 Å². The van der Waals surface area contributed by atoms with Crippen LogP contribution in [0.4, 0.5) is 0 Å². The largest absolute Gasteiger partial charge is 0.314 e. The molecule has 1 aliphatic heterocycles. The zero-order chi connectivity index (χ0) is 16.2. The standard InChI is InChI=1S/C13H21N3O4S2.ClH/c1-14-21(17,18)12-4-6-13(7-5-12)22(19,20)16-10-8-11-3-2-9-15-11;/h4-7,11,14-16H,2-3,8-10H2,1H3;1H/t11-;/m1./s1. The molecule has 1 atom stereocenters. The summed E-state index contributed by atoms with van der Waals surface area (Å²) in [6.07, 6.45) is 2.93. The van der Waals surface area contributed by atoms with Crippen LogP contribution in [-0.4, -0.2) is 43.0 Å². The summed E-state index contributed by atoms with van der Waals surface area (Å²) >= 11 is 0. The molecule has 2 rings (SSSR count). The highest BCUT2D eigenvalue weighted by Crippen LogP contribution is 2.14. The lowest BCUT2D eigenvalue weighted by Gasteiger charge is -2.11. The molecule has 132 valence electrons. The van der Waals surface area contributed by atoms with Crippen molar-refractivity contribution in [1.29, 1.82) is 0 Å². The van der Waals surface area contributed by atoms with Gasteiger partial charge in [-0.3, -0.25) is 0 Å². The Morgan fingerprint density at radius 2 is 1.65 bits per heavy atom. The molecule has 0 spiro atoms. The maximum Gasteiger partial charge on any atom is 0.240 e. The summed E-state index contributed by atoms with van der Waals surface area (Å²) in [5.74, 6) is 0. The first kappa shape index (κ1) is 20.3. The summed E-state index contributed by atoms with van der Waals surface area (Å²) in [5.41, 5.74) is 0. The zero-order valence-corrected chi connectivity index (χ0v) is 15.2. The fraction of sp³-hybridized carbons (Fsp3) is 0.538. The van der Waals surface area contributed by atoms with Crippen LogP contribution < -0.4 is 14.8 Å². The van der Waals surface area contributed by atoms with Crippen LogP contribution in [0.2, 0.25) is 0 Å². The average molecular weight is 384 g/mol. The minimum atomic E-state index is -3.61. The minimum Gasteiger partial charge on any atom is -0.314 e. The molecule has 0 unspecified atom stereocenters. The van der Waals surface area contributed by atoms with E-state index in [1.165, 1.54) is 31.3 Å². The van der Waals surface area contributed by atoms with Crippen molar-refractivity contribution in [3.05, 3.63) is 24.3 Å². The monoisotopic (exact) mass is 383 g/mol. The van der Waals surface area contributed by atoms with Crippen molar-refractivity contribution in [2.24, 2.45) is 0 Å². The second-order valence-corrected chi connectivity index (χ2v) is 8.81. The SMILES string of the molecule is CNS(=O)(=O)c1ccc(S(=O)(=O)NCC[C@H]2CCCN2)cc1.Cl. The molecule has 1 heterocycles. The highest BCUT2D eigenvalue weighted by Gasteiger charge is 2.18. The zero-order valence-electron chi connectivity index (χ0n) is 12.8. The average Bonchev–Trinajstić information content (AvgIpc) is 3.00. The second-order valence-electron chi connectivity index (χ2n) is 5.16. The molecule has 0 aromatic heterocycles. The van der Waals surface area contributed by atoms with Crippen LogP contribution in [0, 0.1) is 0 Å². The number of nitrogens with one attached hydrogen (secondary N) is 3. The Morgan fingerprint density at radius 1 is 1.09 bits per heavy atom. The van der Waals surface area contributed by atoms with Gasteiger partial charge in [0.2, 0.25) is 20.0 Å². The van der Waals surface area contributed by atoms with Gasteiger partial charge in [-0.15, -0.1) is 12.4 Å². The van der Waals surface area contributed by atoms with Gasteiger partial charge in [0, 0.05) is 12.6 Å². The highest BCUT2D eigenvalue weighted by atomic mass is 35.5. The molecule has 1 aromatic rings. The third-order valence-electron chi connectivity index (χ3n) is 3.66. The van der Waals surface area contributed by atoms with Gasteiger partial charge in [-0.2, -0.15) is 0 Å². The minimum absolute atomic E-state index is 0. The number of benzene rings is 1. The Balaban J connectivity index is 0.00000264. The number of sulfonamides is 2. The smallest absolute Gasteiger partial charge is 0.240 e. The lowest BCUT2D eigenvalue weighted by Crippen LogP contribution is -2.30. The van der Waals surface area contributed by atoms with Crippen LogP contribution >= 0.6 is 12.4 Å². The molecule has 1 aliphatic rings. The van der Waals surface area contributed by atoms with Crippen molar-refractivity contribution in [3.8, 4) is 0 Å². The molecule has 7 nitrogen and oxygen atoms in total. The summed E-state index contributed by atoms with van der Waals surface area (Å²) in [5, 5.41) is 3.30. The van der Waals surface area contributed by atoms with Gasteiger partial charge in [-0.05, 0) is 57.1 Å². The van der Waals surface area contributed by atoms with Crippen molar-refractivity contribution in [1.82, 2.24) is 14.8 Å². The van der Waals surface area contributed by atoms with Crippen molar-refractivity contribution in [2.45, 2.75) is 35.1 Å². The van der Waals surface area contributed by atoms with E-state index < -0.39 is 20.0 Å². The summed E-state index contributed by atoms with van der Waals surface area (Å²) in [6, 6.07) is 5.50.